The molecule has 118 valence electrons. The molecule has 1 N–H and O–H groups in total. The van der Waals surface area contributed by atoms with E-state index in [1.165, 1.54) is 5.00 Å². The molecular weight excluding hydrogens is 284 g/mol. The number of hydrogen-bond acceptors (Lipinski definition) is 4. The molecule has 0 aromatic carbocycles. The molecule has 2 heterocycles. The predicted molar refractivity (Wildman–Crippen MR) is 90.6 cm³/mol. The number of guanidine groups is 1. The van der Waals surface area contributed by atoms with Crippen molar-refractivity contribution >= 4 is 22.3 Å². The number of methoxy groups -OCH3 is 1. The van der Waals surface area contributed by atoms with E-state index in [1.54, 1.807) is 18.4 Å². The van der Waals surface area contributed by atoms with Crippen LogP contribution in [0, 0.1) is 0 Å². The monoisotopic (exact) mass is 310 g/mol. The number of aliphatic imine (C=N–C) groups is 1. The van der Waals surface area contributed by atoms with Crippen molar-refractivity contribution in [3.63, 3.8) is 0 Å². The van der Waals surface area contributed by atoms with Crippen LogP contribution in [0.5, 0.6) is 0 Å². The molecule has 21 heavy (non-hydrogen) atoms. The first-order valence-electron chi connectivity index (χ1n) is 7.35. The number of nitrogens with one attached hydrogen (secondary N) is 1. The maximum absolute atomic E-state index is 5.44. The molecule has 1 aromatic heterocycles. The molecule has 0 bridgehead atoms. The second kappa shape index (κ2) is 7.13. The highest BCUT2D eigenvalue weighted by molar-refractivity contribution is 7.14. The quantitative estimate of drug-likeness (QED) is 0.681. The molecule has 0 atom stereocenters. The molecule has 0 radical (unpaired) electrons. The van der Waals surface area contributed by atoms with Crippen molar-refractivity contribution in [1.29, 1.82) is 0 Å². The summed E-state index contributed by atoms with van der Waals surface area (Å²) >= 11 is 1.81. The summed E-state index contributed by atoms with van der Waals surface area (Å²) < 4.78 is 5.44. The van der Waals surface area contributed by atoms with Gasteiger partial charge in [0.2, 0.25) is 0 Å². The van der Waals surface area contributed by atoms with E-state index in [9.17, 15) is 0 Å². The van der Waals surface area contributed by atoms with Crippen LogP contribution in [0.4, 0.5) is 5.00 Å². The molecule has 5 nitrogen and oxygen atoms in total. The molecule has 0 aliphatic carbocycles. The van der Waals surface area contributed by atoms with E-state index in [0.29, 0.717) is 0 Å². The van der Waals surface area contributed by atoms with E-state index in [1.807, 2.05) is 7.05 Å². The van der Waals surface area contributed by atoms with Crippen LogP contribution < -0.4 is 10.2 Å². The lowest BCUT2D eigenvalue weighted by molar-refractivity contribution is 0.0263. The number of ether oxygens (including phenoxy) is 1. The third-order valence-corrected chi connectivity index (χ3v) is 4.76. The standard InChI is InChI=1S/C15H26N4OS/c1-15(2,20-4)12-17-14(16-3)19-9-7-18(8-10-19)13-6-5-11-21-13/h5-6,11H,7-10,12H2,1-4H3,(H,16,17). The summed E-state index contributed by atoms with van der Waals surface area (Å²) in [6, 6.07) is 4.30. The predicted octanol–water partition coefficient (Wildman–Crippen LogP) is 1.87. The zero-order valence-corrected chi connectivity index (χ0v) is 14.2. The fourth-order valence-electron chi connectivity index (χ4n) is 2.28. The maximum Gasteiger partial charge on any atom is 0.193 e. The largest absolute Gasteiger partial charge is 0.377 e. The fraction of sp³-hybridized carbons (Fsp3) is 0.667. The Morgan fingerprint density at radius 2 is 2.10 bits per heavy atom. The normalized spacial score (nSPS) is 17.2. The van der Waals surface area contributed by atoms with Gasteiger partial charge < -0.3 is 19.9 Å². The Hall–Kier alpha value is -1.27. The van der Waals surface area contributed by atoms with E-state index >= 15 is 0 Å². The molecule has 1 aliphatic heterocycles. The van der Waals surface area contributed by atoms with Crippen molar-refractivity contribution in [3.8, 4) is 0 Å². The van der Waals surface area contributed by atoms with Crippen molar-refractivity contribution in [2.75, 3.05) is 51.8 Å². The van der Waals surface area contributed by atoms with Gasteiger partial charge in [0.05, 0.1) is 10.6 Å². The van der Waals surface area contributed by atoms with Gasteiger partial charge in [0.25, 0.3) is 0 Å². The molecule has 1 aromatic rings. The second-order valence-corrected chi connectivity index (χ2v) is 6.72. The minimum atomic E-state index is -0.186. The van der Waals surface area contributed by atoms with Gasteiger partial charge in [-0.15, -0.1) is 11.3 Å². The number of hydrogen-bond donors (Lipinski definition) is 1. The minimum absolute atomic E-state index is 0.186. The Morgan fingerprint density at radius 3 is 2.62 bits per heavy atom. The van der Waals surface area contributed by atoms with Crippen LogP contribution in [-0.4, -0.2) is 63.3 Å². The molecule has 0 spiro atoms. The van der Waals surface area contributed by atoms with Gasteiger partial charge >= 0.3 is 0 Å². The van der Waals surface area contributed by atoms with Crippen LogP contribution >= 0.6 is 11.3 Å². The van der Waals surface area contributed by atoms with Crippen molar-refractivity contribution in [2.24, 2.45) is 4.99 Å². The van der Waals surface area contributed by atoms with Crippen molar-refractivity contribution in [1.82, 2.24) is 10.2 Å². The first-order valence-corrected chi connectivity index (χ1v) is 8.23. The van der Waals surface area contributed by atoms with E-state index in [-0.39, 0.29) is 5.60 Å². The van der Waals surface area contributed by atoms with Crippen LogP contribution in [0.15, 0.2) is 22.5 Å². The van der Waals surface area contributed by atoms with E-state index in [4.69, 9.17) is 4.74 Å². The van der Waals surface area contributed by atoms with Gasteiger partial charge in [0.15, 0.2) is 5.96 Å². The summed E-state index contributed by atoms with van der Waals surface area (Å²) in [4.78, 5) is 9.15. The molecule has 6 heteroatoms. The first kappa shape index (κ1) is 16.1. The third-order valence-electron chi connectivity index (χ3n) is 3.83. The lowest BCUT2D eigenvalue weighted by Gasteiger charge is -2.37. The molecule has 1 fully saturated rings. The van der Waals surface area contributed by atoms with Crippen molar-refractivity contribution in [2.45, 2.75) is 19.4 Å². The van der Waals surface area contributed by atoms with Gasteiger partial charge in [0.1, 0.15) is 0 Å². The summed E-state index contributed by atoms with van der Waals surface area (Å²) in [6.07, 6.45) is 0. The second-order valence-electron chi connectivity index (χ2n) is 5.79. The Morgan fingerprint density at radius 1 is 1.38 bits per heavy atom. The van der Waals surface area contributed by atoms with Crippen LogP contribution in [0.25, 0.3) is 0 Å². The van der Waals surface area contributed by atoms with E-state index in [2.05, 4.69) is 51.5 Å². The summed E-state index contributed by atoms with van der Waals surface area (Å²) in [5.74, 6) is 0.964. The average molecular weight is 310 g/mol. The van der Waals surface area contributed by atoms with Crippen LogP contribution in [-0.2, 0) is 4.74 Å². The summed E-state index contributed by atoms with van der Waals surface area (Å²) in [6.45, 7) is 8.95. The Balaban J connectivity index is 1.85. The summed E-state index contributed by atoms with van der Waals surface area (Å²) in [5.41, 5.74) is -0.186. The van der Waals surface area contributed by atoms with Crippen LogP contribution in [0.1, 0.15) is 13.8 Å². The lowest BCUT2D eigenvalue weighted by Crippen LogP contribution is -2.54. The Bertz CT molecular complexity index is 450. The van der Waals surface area contributed by atoms with Gasteiger partial charge in [-0.05, 0) is 31.4 Å². The first-order chi connectivity index (χ1) is 10.1. The third kappa shape index (κ3) is 4.35. The topological polar surface area (TPSA) is 40.1 Å². The van der Waals surface area contributed by atoms with E-state index in [0.717, 1.165) is 38.7 Å². The minimum Gasteiger partial charge on any atom is -0.377 e. The average Bonchev–Trinajstić information content (AvgIpc) is 3.03. The number of anilines is 1. The van der Waals surface area contributed by atoms with Crippen LogP contribution in [0.3, 0.4) is 0 Å². The van der Waals surface area contributed by atoms with Gasteiger partial charge in [-0.1, -0.05) is 0 Å². The molecule has 0 saturated carbocycles. The van der Waals surface area contributed by atoms with Gasteiger partial charge in [-0.2, -0.15) is 0 Å². The number of thiophene rings is 1. The van der Waals surface area contributed by atoms with Crippen LogP contribution in [0.2, 0.25) is 0 Å². The molecule has 1 aliphatic rings. The summed E-state index contributed by atoms with van der Waals surface area (Å²) in [5, 5.41) is 6.91. The fourth-order valence-corrected chi connectivity index (χ4v) is 3.07. The molecule has 0 unspecified atom stereocenters. The van der Waals surface area contributed by atoms with Gasteiger partial charge in [0, 0.05) is 46.9 Å². The smallest absolute Gasteiger partial charge is 0.193 e. The number of nitrogens with zero attached hydrogens (tertiary/aromatic N) is 3. The number of piperazine rings is 1. The Kier molecular flexibility index (Phi) is 5.47. The zero-order chi connectivity index (χ0) is 15.3. The highest BCUT2D eigenvalue weighted by atomic mass is 32.1. The molecule has 1 saturated heterocycles. The number of rotatable bonds is 4. The molecule has 2 rings (SSSR count). The maximum atomic E-state index is 5.44. The van der Waals surface area contributed by atoms with Crippen molar-refractivity contribution < 1.29 is 4.74 Å². The van der Waals surface area contributed by atoms with Gasteiger partial charge in [-0.3, -0.25) is 4.99 Å². The highest BCUT2D eigenvalue weighted by Crippen LogP contribution is 2.22. The molecule has 0 amide bonds. The SMILES string of the molecule is CN=C(NCC(C)(C)OC)N1CCN(c2cccs2)CC1. The highest BCUT2D eigenvalue weighted by Gasteiger charge is 2.22. The summed E-state index contributed by atoms with van der Waals surface area (Å²) in [7, 11) is 3.58. The Labute approximate surface area is 131 Å². The molecular formula is C15H26N4OS. The van der Waals surface area contributed by atoms with E-state index < -0.39 is 0 Å². The lowest BCUT2D eigenvalue weighted by atomic mass is 10.1. The van der Waals surface area contributed by atoms with Crippen molar-refractivity contribution in [3.05, 3.63) is 17.5 Å². The zero-order valence-electron chi connectivity index (χ0n) is 13.4. The van der Waals surface area contributed by atoms with Gasteiger partial charge in [-0.25, -0.2) is 0 Å².